The highest BCUT2D eigenvalue weighted by molar-refractivity contribution is 6.31. The third-order valence-electron chi connectivity index (χ3n) is 3.68. The zero-order chi connectivity index (χ0) is 13.8. The Kier molecular flexibility index (Phi) is 4.31. The van der Waals surface area contributed by atoms with Gasteiger partial charge in [-0.15, -0.1) is 0 Å². The summed E-state index contributed by atoms with van der Waals surface area (Å²) < 4.78 is 0. The van der Waals surface area contributed by atoms with Crippen LogP contribution in [0, 0.1) is 0 Å². The lowest BCUT2D eigenvalue weighted by Gasteiger charge is -2.35. The monoisotopic (exact) mass is 287 g/mol. The maximum Gasteiger partial charge on any atom is 0.0791 e. The fourth-order valence-corrected chi connectivity index (χ4v) is 2.96. The number of benzene rings is 1. The molecule has 0 amide bonds. The van der Waals surface area contributed by atoms with Crippen molar-refractivity contribution in [1.82, 2.24) is 15.2 Å². The van der Waals surface area contributed by atoms with Crippen molar-refractivity contribution in [1.29, 1.82) is 0 Å². The molecule has 1 saturated heterocycles. The minimum absolute atomic E-state index is 0.131. The number of hydrogen-bond acceptors (Lipinski definition) is 3. The Bertz CT molecular complexity index is 553. The van der Waals surface area contributed by atoms with Crippen molar-refractivity contribution in [3.63, 3.8) is 0 Å². The van der Waals surface area contributed by atoms with Gasteiger partial charge in [0.15, 0.2) is 0 Å². The highest BCUT2D eigenvalue weighted by atomic mass is 35.5. The number of nitrogens with one attached hydrogen (secondary N) is 1. The molecule has 1 aromatic heterocycles. The molecule has 0 radical (unpaired) electrons. The van der Waals surface area contributed by atoms with Gasteiger partial charge in [0.05, 0.1) is 11.7 Å². The molecule has 0 bridgehead atoms. The molecule has 20 heavy (non-hydrogen) atoms. The largest absolute Gasteiger partial charge is 0.314 e. The van der Waals surface area contributed by atoms with Gasteiger partial charge in [-0.25, -0.2) is 0 Å². The van der Waals surface area contributed by atoms with E-state index >= 15 is 0 Å². The van der Waals surface area contributed by atoms with Gasteiger partial charge >= 0.3 is 0 Å². The van der Waals surface area contributed by atoms with Gasteiger partial charge in [-0.05, 0) is 23.8 Å². The van der Waals surface area contributed by atoms with Gasteiger partial charge in [-0.1, -0.05) is 35.9 Å². The number of nitrogens with zero attached hydrogens (tertiary/aromatic N) is 2. The molecule has 0 saturated carbocycles. The lowest BCUT2D eigenvalue weighted by Crippen LogP contribution is -2.45. The predicted molar refractivity (Wildman–Crippen MR) is 82.0 cm³/mol. The van der Waals surface area contributed by atoms with Crippen molar-refractivity contribution in [3.05, 3.63) is 64.9 Å². The van der Waals surface area contributed by atoms with E-state index in [-0.39, 0.29) is 6.04 Å². The number of aromatic nitrogens is 1. The molecule has 3 nitrogen and oxygen atoms in total. The molecular weight excluding hydrogens is 270 g/mol. The lowest BCUT2D eigenvalue weighted by molar-refractivity contribution is 0.195. The van der Waals surface area contributed by atoms with Gasteiger partial charge < -0.3 is 5.32 Å². The summed E-state index contributed by atoms with van der Waals surface area (Å²) in [7, 11) is 0. The maximum absolute atomic E-state index is 6.42. The molecule has 2 heterocycles. The van der Waals surface area contributed by atoms with Crippen LogP contribution in [0.4, 0.5) is 0 Å². The van der Waals surface area contributed by atoms with Crippen LogP contribution in [0.1, 0.15) is 17.3 Å². The number of halogens is 1. The molecule has 1 atom stereocenters. The SMILES string of the molecule is Clc1ccccc1C(c1ccccn1)N1CCNCC1. The molecule has 1 N–H and O–H groups in total. The summed E-state index contributed by atoms with van der Waals surface area (Å²) in [6, 6.07) is 14.3. The van der Waals surface area contributed by atoms with E-state index in [9.17, 15) is 0 Å². The summed E-state index contributed by atoms with van der Waals surface area (Å²) >= 11 is 6.42. The summed E-state index contributed by atoms with van der Waals surface area (Å²) in [6.07, 6.45) is 1.85. The van der Waals surface area contributed by atoms with Gasteiger partial charge in [0.1, 0.15) is 0 Å². The first kappa shape index (κ1) is 13.6. The van der Waals surface area contributed by atoms with Crippen LogP contribution in [0.3, 0.4) is 0 Å². The highest BCUT2D eigenvalue weighted by Gasteiger charge is 2.26. The first-order chi connectivity index (χ1) is 9.86. The Hall–Kier alpha value is -1.42. The summed E-state index contributed by atoms with van der Waals surface area (Å²) in [5.74, 6) is 0. The van der Waals surface area contributed by atoms with Crippen LogP contribution in [-0.2, 0) is 0 Å². The summed E-state index contributed by atoms with van der Waals surface area (Å²) in [5.41, 5.74) is 2.19. The van der Waals surface area contributed by atoms with Crippen molar-refractivity contribution in [2.24, 2.45) is 0 Å². The normalized spacial score (nSPS) is 17.9. The molecule has 1 aromatic carbocycles. The van der Waals surface area contributed by atoms with Gasteiger partial charge in [-0.3, -0.25) is 9.88 Å². The zero-order valence-electron chi connectivity index (χ0n) is 11.3. The van der Waals surface area contributed by atoms with Crippen molar-refractivity contribution in [3.8, 4) is 0 Å². The van der Waals surface area contributed by atoms with Gasteiger partial charge in [0.2, 0.25) is 0 Å². The molecule has 2 aromatic rings. The second-order valence-electron chi connectivity index (χ2n) is 4.96. The molecule has 1 fully saturated rings. The Balaban J connectivity index is 2.01. The van der Waals surface area contributed by atoms with Crippen LogP contribution >= 0.6 is 11.6 Å². The van der Waals surface area contributed by atoms with Gasteiger partial charge in [-0.2, -0.15) is 0 Å². The molecular formula is C16H18ClN3. The molecule has 0 spiro atoms. The molecule has 0 aliphatic carbocycles. The molecule has 1 aliphatic heterocycles. The minimum Gasteiger partial charge on any atom is -0.314 e. The first-order valence-corrected chi connectivity index (χ1v) is 7.34. The maximum atomic E-state index is 6.42. The number of pyridine rings is 1. The van der Waals surface area contributed by atoms with Crippen molar-refractivity contribution < 1.29 is 0 Å². The van der Waals surface area contributed by atoms with Crippen LogP contribution in [0.5, 0.6) is 0 Å². The minimum atomic E-state index is 0.131. The highest BCUT2D eigenvalue weighted by Crippen LogP contribution is 2.32. The Morgan fingerprint density at radius 1 is 1.05 bits per heavy atom. The average molecular weight is 288 g/mol. The quantitative estimate of drug-likeness (QED) is 0.941. The molecule has 1 unspecified atom stereocenters. The summed E-state index contributed by atoms with van der Waals surface area (Å²) in [4.78, 5) is 7.00. The van der Waals surface area contributed by atoms with E-state index in [0.29, 0.717) is 0 Å². The molecule has 3 rings (SSSR count). The van der Waals surface area contributed by atoms with Gasteiger partial charge in [0.25, 0.3) is 0 Å². The second-order valence-corrected chi connectivity index (χ2v) is 5.37. The van der Waals surface area contributed by atoms with E-state index in [1.54, 1.807) is 0 Å². The van der Waals surface area contributed by atoms with Crippen molar-refractivity contribution >= 4 is 11.6 Å². The standard InChI is InChI=1S/C16H18ClN3/c17-14-6-2-1-5-13(14)16(15-7-3-4-8-19-15)20-11-9-18-10-12-20/h1-8,16,18H,9-12H2. The van der Waals surface area contributed by atoms with E-state index in [0.717, 1.165) is 42.5 Å². The van der Waals surface area contributed by atoms with E-state index in [2.05, 4.69) is 27.3 Å². The predicted octanol–water partition coefficient (Wildman–Crippen LogP) is 2.73. The number of hydrogen-bond donors (Lipinski definition) is 1. The van der Waals surface area contributed by atoms with Crippen LogP contribution in [0.25, 0.3) is 0 Å². The zero-order valence-corrected chi connectivity index (χ0v) is 12.1. The lowest BCUT2D eigenvalue weighted by atomic mass is 10.0. The van der Waals surface area contributed by atoms with Crippen molar-refractivity contribution in [2.45, 2.75) is 6.04 Å². The van der Waals surface area contributed by atoms with Crippen LogP contribution in [0.2, 0.25) is 5.02 Å². The molecule has 1 aliphatic rings. The topological polar surface area (TPSA) is 28.2 Å². The molecule has 4 heteroatoms. The van der Waals surface area contributed by atoms with Gasteiger partial charge in [0, 0.05) is 37.4 Å². The summed E-state index contributed by atoms with van der Waals surface area (Å²) in [5, 5.41) is 4.20. The number of piperazine rings is 1. The smallest absolute Gasteiger partial charge is 0.0791 e. The Morgan fingerprint density at radius 3 is 2.50 bits per heavy atom. The number of rotatable bonds is 3. The fraction of sp³-hybridized carbons (Fsp3) is 0.312. The van der Waals surface area contributed by atoms with E-state index in [1.807, 2.05) is 36.5 Å². The van der Waals surface area contributed by atoms with Crippen LogP contribution in [-0.4, -0.2) is 36.1 Å². The third-order valence-corrected chi connectivity index (χ3v) is 4.03. The molecule has 104 valence electrons. The van der Waals surface area contributed by atoms with Crippen molar-refractivity contribution in [2.75, 3.05) is 26.2 Å². The fourth-order valence-electron chi connectivity index (χ4n) is 2.72. The Labute approximate surface area is 124 Å². The van der Waals surface area contributed by atoms with E-state index in [1.165, 1.54) is 0 Å². The van der Waals surface area contributed by atoms with Crippen LogP contribution < -0.4 is 5.32 Å². The van der Waals surface area contributed by atoms with E-state index in [4.69, 9.17) is 11.6 Å². The Morgan fingerprint density at radius 2 is 1.80 bits per heavy atom. The van der Waals surface area contributed by atoms with Crippen LogP contribution in [0.15, 0.2) is 48.7 Å². The second kappa shape index (κ2) is 6.35. The third kappa shape index (κ3) is 2.85. The summed E-state index contributed by atoms with van der Waals surface area (Å²) in [6.45, 7) is 4.03. The van der Waals surface area contributed by atoms with E-state index < -0.39 is 0 Å². The average Bonchev–Trinajstić information content (AvgIpc) is 2.52. The first-order valence-electron chi connectivity index (χ1n) is 6.96.